The number of hydrogen-bond donors (Lipinski definition) is 6. The third-order valence-electron chi connectivity index (χ3n) is 3.92. The summed E-state index contributed by atoms with van der Waals surface area (Å²) in [5, 5.41) is 44.3. The highest BCUT2D eigenvalue weighted by molar-refractivity contribution is 9.10. The SMILES string of the molecule is O=C(O)C(NCCNC(C(=O)O)c1cc(Br)ccc1O)c1cc(Br)ccc1O. The van der Waals surface area contributed by atoms with Gasteiger partial charge < -0.3 is 20.4 Å². The second-order valence-corrected chi connectivity index (χ2v) is 7.69. The normalized spacial score (nSPS) is 13.1. The van der Waals surface area contributed by atoms with Crippen molar-refractivity contribution in [3.8, 4) is 11.5 Å². The van der Waals surface area contributed by atoms with Gasteiger partial charge in [0.15, 0.2) is 0 Å². The lowest BCUT2D eigenvalue weighted by Gasteiger charge is -2.19. The van der Waals surface area contributed by atoms with E-state index < -0.39 is 24.0 Å². The topological polar surface area (TPSA) is 139 Å². The molecule has 0 aliphatic rings. The highest BCUT2D eigenvalue weighted by atomic mass is 79.9. The van der Waals surface area contributed by atoms with Gasteiger partial charge in [0, 0.05) is 33.2 Å². The number of phenolic OH excluding ortho intramolecular Hbond substituents is 2. The molecule has 0 spiro atoms. The first-order chi connectivity index (χ1) is 13.2. The van der Waals surface area contributed by atoms with E-state index >= 15 is 0 Å². The first-order valence-electron chi connectivity index (χ1n) is 8.10. The van der Waals surface area contributed by atoms with Crippen LogP contribution in [-0.2, 0) is 9.59 Å². The standard InChI is InChI=1S/C18H18Br2N2O6/c19-9-1-3-13(23)11(7-9)15(17(25)26)21-5-6-22-16(18(27)28)12-8-10(20)2-4-14(12)24/h1-4,7-8,15-16,21-24H,5-6H2,(H,25,26)(H,27,28). The maximum atomic E-state index is 11.6. The van der Waals surface area contributed by atoms with E-state index in [1.165, 1.54) is 24.3 Å². The van der Waals surface area contributed by atoms with E-state index in [0.29, 0.717) is 8.95 Å². The lowest BCUT2D eigenvalue weighted by molar-refractivity contribution is -0.141. The fraction of sp³-hybridized carbons (Fsp3) is 0.222. The summed E-state index contributed by atoms with van der Waals surface area (Å²) in [5.74, 6) is -2.71. The molecule has 2 rings (SSSR count). The predicted octanol–water partition coefficient (Wildman–Crippen LogP) is 2.75. The highest BCUT2D eigenvalue weighted by Crippen LogP contribution is 2.29. The molecule has 150 valence electrons. The van der Waals surface area contributed by atoms with Crippen LogP contribution in [0.5, 0.6) is 11.5 Å². The van der Waals surface area contributed by atoms with E-state index in [0.717, 1.165) is 0 Å². The molecule has 0 saturated carbocycles. The zero-order valence-corrected chi connectivity index (χ0v) is 17.6. The summed E-state index contributed by atoms with van der Waals surface area (Å²) in [6, 6.07) is 6.56. The van der Waals surface area contributed by atoms with E-state index in [4.69, 9.17) is 0 Å². The Hall–Kier alpha value is -2.14. The van der Waals surface area contributed by atoms with Gasteiger partial charge in [0.05, 0.1) is 0 Å². The maximum absolute atomic E-state index is 11.6. The summed E-state index contributed by atoms with van der Waals surface area (Å²) in [4.78, 5) is 23.1. The number of hydrogen-bond acceptors (Lipinski definition) is 6. The van der Waals surface area contributed by atoms with Gasteiger partial charge in [-0.1, -0.05) is 31.9 Å². The van der Waals surface area contributed by atoms with Gasteiger partial charge in [-0.05, 0) is 36.4 Å². The van der Waals surface area contributed by atoms with Crippen LogP contribution in [-0.4, -0.2) is 45.5 Å². The summed E-state index contributed by atoms with van der Waals surface area (Å²) < 4.78 is 1.23. The second kappa shape index (κ2) is 9.87. The van der Waals surface area contributed by atoms with Gasteiger partial charge in [0.25, 0.3) is 0 Å². The third kappa shape index (κ3) is 5.68. The molecule has 0 bridgehead atoms. The van der Waals surface area contributed by atoms with Gasteiger partial charge in [-0.3, -0.25) is 20.2 Å². The van der Waals surface area contributed by atoms with Gasteiger partial charge in [-0.15, -0.1) is 0 Å². The molecule has 10 heteroatoms. The minimum absolute atomic E-state index is 0.0987. The lowest BCUT2D eigenvalue weighted by Crippen LogP contribution is -2.37. The number of halogens is 2. The molecule has 0 amide bonds. The Balaban J connectivity index is 2.05. The van der Waals surface area contributed by atoms with Gasteiger partial charge in [-0.25, -0.2) is 0 Å². The first-order valence-corrected chi connectivity index (χ1v) is 9.68. The molecule has 28 heavy (non-hydrogen) atoms. The summed E-state index contributed by atoms with van der Waals surface area (Å²) in [5.41, 5.74) is 0.364. The minimum atomic E-state index is -1.19. The quantitative estimate of drug-likeness (QED) is 0.279. The Morgan fingerprint density at radius 1 is 0.786 bits per heavy atom. The number of rotatable bonds is 9. The van der Waals surface area contributed by atoms with Gasteiger partial charge >= 0.3 is 11.9 Å². The molecular formula is C18H18Br2N2O6. The molecule has 0 aromatic heterocycles. The minimum Gasteiger partial charge on any atom is -0.508 e. The fourth-order valence-corrected chi connectivity index (χ4v) is 3.36. The summed E-state index contributed by atoms with van der Waals surface area (Å²) in [7, 11) is 0. The number of nitrogens with one attached hydrogen (secondary N) is 2. The maximum Gasteiger partial charge on any atom is 0.325 e. The molecular weight excluding hydrogens is 500 g/mol. The van der Waals surface area contributed by atoms with E-state index in [1.54, 1.807) is 12.1 Å². The molecule has 2 aromatic rings. The van der Waals surface area contributed by atoms with Crippen molar-refractivity contribution < 1.29 is 30.0 Å². The Bertz CT molecular complexity index is 806. The Morgan fingerprint density at radius 3 is 1.46 bits per heavy atom. The van der Waals surface area contributed by atoms with Gasteiger partial charge in [0.2, 0.25) is 0 Å². The molecule has 0 fully saturated rings. The van der Waals surface area contributed by atoms with Gasteiger partial charge in [-0.2, -0.15) is 0 Å². The van der Waals surface area contributed by atoms with Gasteiger partial charge in [0.1, 0.15) is 23.6 Å². The van der Waals surface area contributed by atoms with Crippen molar-refractivity contribution >= 4 is 43.8 Å². The van der Waals surface area contributed by atoms with Crippen LogP contribution in [0, 0.1) is 0 Å². The van der Waals surface area contributed by atoms with Crippen molar-refractivity contribution in [3.63, 3.8) is 0 Å². The number of aromatic hydroxyl groups is 2. The number of carbonyl (C=O) groups is 2. The fourth-order valence-electron chi connectivity index (χ4n) is 2.61. The number of carboxylic acid groups (broad SMARTS) is 2. The van der Waals surface area contributed by atoms with Crippen molar-refractivity contribution in [2.45, 2.75) is 12.1 Å². The van der Waals surface area contributed by atoms with Crippen LogP contribution in [0.15, 0.2) is 45.3 Å². The molecule has 0 aliphatic heterocycles. The molecule has 2 aromatic carbocycles. The van der Waals surface area contributed by atoms with Crippen molar-refractivity contribution in [1.82, 2.24) is 10.6 Å². The number of carboxylic acids is 2. The van der Waals surface area contributed by atoms with Crippen molar-refractivity contribution in [2.75, 3.05) is 13.1 Å². The van der Waals surface area contributed by atoms with Crippen molar-refractivity contribution in [1.29, 1.82) is 0 Å². The van der Waals surface area contributed by atoms with E-state index in [9.17, 15) is 30.0 Å². The molecule has 6 N–H and O–H groups in total. The average molecular weight is 518 g/mol. The smallest absolute Gasteiger partial charge is 0.325 e. The monoisotopic (exact) mass is 516 g/mol. The van der Waals surface area contributed by atoms with E-state index in [-0.39, 0.29) is 35.7 Å². The number of aliphatic carboxylic acids is 2. The third-order valence-corrected chi connectivity index (χ3v) is 4.90. The lowest BCUT2D eigenvalue weighted by atomic mass is 10.1. The molecule has 0 heterocycles. The van der Waals surface area contributed by atoms with Crippen molar-refractivity contribution in [2.24, 2.45) is 0 Å². The molecule has 2 atom stereocenters. The second-order valence-electron chi connectivity index (χ2n) is 5.86. The van der Waals surface area contributed by atoms with Crippen LogP contribution < -0.4 is 10.6 Å². The summed E-state index contributed by atoms with van der Waals surface area (Å²) in [6.07, 6.45) is 0. The van der Waals surface area contributed by atoms with Crippen LogP contribution in [0.2, 0.25) is 0 Å². The summed E-state index contributed by atoms with van der Waals surface area (Å²) in [6.45, 7) is 0.197. The van der Waals surface area contributed by atoms with Crippen LogP contribution in [0.1, 0.15) is 23.2 Å². The van der Waals surface area contributed by atoms with Crippen LogP contribution >= 0.6 is 31.9 Å². The zero-order chi connectivity index (χ0) is 20.8. The van der Waals surface area contributed by atoms with Crippen LogP contribution in [0.4, 0.5) is 0 Å². The molecule has 2 unspecified atom stereocenters. The Labute approximate surface area is 177 Å². The number of phenols is 2. The largest absolute Gasteiger partial charge is 0.508 e. The summed E-state index contributed by atoms with van der Waals surface area (Å²) >= 11 is 6.46. The predicted molar refractivity (Wildman–Crippen MR) is 108 cm³/mol. The molecule has 0 aliphatic carbocycles. The number of benzene rings is 2. The molecule has 0 radical (unpaired) electrons. The first kappa shape index (κ1) is 22.2. The highest BCUT2D eigenvalue weighted by Gasteiger charge is 2.25. The Morgan fingerprint density at radius 2 is 1.14 bits per heavy atom. The Kier molecular flexibility index (Phi) is 7.81. The van der Waals surface area contributed by atoms with E-state index in [2.05, 4.69) is 42.5 Å². The van der Waals surface area contributed by atoms with Crippen molar-refractivity contribution in [3.05, 3.63) is 56.5 Å². The molecule has 8 nitrogen and oxygen atoms in total. The zero-order valence-electron chi connectivity index (χ0n) is 14.4. The van der Waals surface area contributed by atoms with Crippen LogP contribution in [0.3, 0.4) is 0 Å². The van der Waals surface area contributed by atoms with E-state index in [1.807, 2.05) is 0 Å². The van der Waals surface area contributed by atoms with Crippen LogP contribution in [0.25, 0.3) is 0 Å². The average Bonchev–Trinajstić information content (AvgIpc) is 2.62. The molecule has 0 saturated heterocycles.